The highest BCUT2D eigenvalue weighted by atomic mass is 16.5. The van der Waals surface area contributed by atoms with Gasteiger partial charge in [0.15, 0.2) is 0 Å². The van der Waals surface area contributed by atoms with Gasteiger partial charge in [-0.1, -0.05) is 42.0 Å². The number of amides is 2. The summed E-state index contributed by atoms with van der Waals surface area (Å²) in [5, 5.41) is 0. The van der Waals surface area contributed by atoms with Gasteiger partial charge in [0.2, 0.25) is 5.91 Å². The van der Waals surface area contributed by atoms with Crippen LogP contribution in [0.3, 0.4) is 0 Å². The second-order valence-corrected chi connectivity index (χ2v) is 5.34. The third-order valence-electron chi connectivity index (χ3n) is 3.25. The van der Waals surface area contributed by atoms with E-state index in [1.165, 1.54) is 25.7 Å². The Hall–Kier alpha value is -2.66. The van der Waals surface area contributed by atoms with Gasteiger partial charge in [-0.3, -0.25) is 14.5 Å². The fourth-order valence-corrected chi connectivity index (χ4v) is 1.92. The highest BCUT2D eigenvalue weighted by Crippen LogP contribution is 2.05. The van der Waals surface area contributed by atoms with E-state index < -0.39 is 0 Å². The maximum atomic E-state index is 11.8. The fourth-order valence-electron chi connectivity index (χ4n) is 1.92. The van der Waals surface area contributed by atoms with Crippen molar-refractivity contribution in [2.24, 2.45) is 0 Å². The lowest BCUT2D eigenvalue weighted by molar-refractivity contribution is -0.141. The molecule has 0 saturated heterocycles. The second-order valence-electron chi connectivity index (χ2n) is 5.34. The van der Waals surface area contributed by atoms with Crippen LogP contribution in [0.1, 0.15) is 12.5 Å². The number of hydrogen-bond donors (Lipinski definition) is 0. The lowest BCUT2D eigenvalue weighted by Gasteiger charge is -2.16. The number of imide groups is 1. The molecule has 1 aromatic rings. The van der Waals surface area contributed by atoms with Crippen LogP contribution in [0.4, 0.5) is 0 Å². The van der Waals surface area contributed by atoms with Gasteiger partial charge in [0.25, 0.3) is 5.91 Å². The molecule has 5 heteroatoms. The minimum Gasteiger partial charge on any atom is -0.497 e. The Labute approximate surface area is 149 Å². The fraction of sp³-hybridized carbons (Fsp3) is 0.300. The van der Waals surface area contributed by atoms with Gasteiger partial charge in [0, 0.05) is 25.7 Å². The summed E-state index contributed by atoms with van der Waals surface area (Å²) in [7, 11) is 1.52. The van der Waals surface area contributed by atoms with E-state index in [-0.39, 0.29) is 18.4 Å². The van der Waals surface area contributed by atoms with Crippen molar-refractivity contribution < 1.29 is 19.1 Å². The maximum Gasteiger partial charge on any atom is 0.253 e. The number of carbonyl (C=O) groups is 2. The molecule has 1 heterocycles. The summed E-state index contributed by atoms with van der Waals surface area (Å²) in [5.41, 5.74) is 2.10. The van der Waals surface area contributed by atoms with Crippen molar-refractivity contribution >= 4 is 11.8 Å². The van der Waals surface area contributed by atoms with E-state index >= 15 is 0 Å². The second kappa shape index (κ2) is 11.8. The van der Waals surface area contributed by atoms with Crippen LogP contribution in [0.5, 0.6) is 0 Å². The van der Waals surface area contributed by atoms with E-state index in [1.54, 1.807) is 12.3 Å². The molecular weight excluding hydrogens is 318 g/mol. The van der Waals surface area contributed by atoms with Crippen molar-refractivity contribution in [3.05, 3.63) is 72.0 Å². The Morgan fingerprint density at radius 3 is 2.48 bits per heavy atom. The van der Waals surface area contributed by atoms with Crippen LogP contribution in [0.25, 0.3) is 0 Å². The molecule has 0 fully saturated rings. The minimum atomic E-state index is -0.362. The first-order valence-electron chi connectivity index (χ1n) is 8.03. The quantitative estimate of drug-likeness (QED) is 0.771. The van der Waals surface area contributed by atoms with E-state index in [4.69, 9.17) is 9.47 Å². The molecular formula is C20H25NO4. The highest BCUT2D eigenvalue weighted by molar-refractivity contribution is 6.00. The zero-order chi connectivity index (χ0) is 18.5. The number of hydrogen-bond acceptors (Lipinski definition) is 4. The van der Waals surface area contributed by atoms with Crippen molar-refractivity contribution in [2.45, 2.75) is 13.8 Å². The average molecular weight is 343 g/mol. The van der Waals surface area contributed by atoms with Gasteiger partial charge in [0.1, 0.15) is 6.61 Å². The zero-order valence-electron chi connectivity index (χ0n) is 15.0. The van der Waals surface area contributed by atoms with Crippen LogP contribution in [-0.2, 0) is 19.1 Å². The van der Waals surface area contributed by atoms with E-state index in [0.717, 1.165) is 10.5 Å². The predicted molar refractivity (Wildman–Crippen MR) is 97.8 cm³/mol. The SMILES string of the molecule is COCCN(C(C)=O)C(=O)/C=C/C1=COCC=C1.Cc1ccccc1. The molecule has 2 amide bonds. The summed E-state index contributed by atoms with van der Waals surface area (Å²) in [6.07, 6.45) is 8.22. The van der Waals surface area contributed by atoms with E-state index in [9.17, 15) is 9.59 Å². The standard InChI is InChI=1S/C13H17NO4.C7H8/c1-11(15)14(7-9-17-2)13(16)6-5-12-4-3-8-18-10-12;1-7-5-3-2-4-6-7/h3-6,10H,7-9H2,1-2H3;2-6H,1H3/b6-5+;. The van der Waals surface area contributed by atoms with Gasteiger partial charge in [-0.25, -0.2) is 0 Å². The number of methoxy groups -OCH3 is 1. The smallest absolute Gasteiger partial charge is 0.253 e. The van der Waals surface area contributed by atoms with Crippen LogP contribution in [-0.4, -0.2) is 43.6 Å². The van der Waals surface area contributed by atoms with E-state index in [1.807, 2.05) is 30.4 Å². The summed E-state index contributed by atoms with van der Waals surface area (Å²) in [6, 6.07) is 10.3. The molecule has 0 saturated carbocycles. The third-order valence-corrected chi connectivity index (χ3v) is 3.25. The number of aryl methyl sites for hydroxylation is 1. The van der Waals surface area contributed by atoms with Gasteiger partial charge in [-0.05, 0) is 19.1 Å². The molecule has 0 N–H and O–H groups in total. The molecule has 134 valence electrons. The normalized spacial score (nSPS) is 12.7. The number of nitrogens with zero attached hydrogens (tertiary/aromatic N) is 1. The maximum absolute atomic E-state index is 11.8. The number of benzene rings is 1. The number of allylic oxidation sites excluding steroid dienone is 3. The molecule has 0 spiro atoms. The minimum absolute atomic E-state index is 0.250. The summed E-state index contributed by atoms with van der Waals surface area (Å²) in [6.45, 7) is 4.55. The third kappa shape index (κ3) is 8.67. The topological polar surface area (TPSA) is 55.8 Å². The Bertz CT molecular complexity index is 632. The van der Waals surface area contributed by atoms with Gasteiger partial charge >= 0.3 is 0 Å². The van der Waals surface area contributed by atoms with Crippen LogP contribution in [0.15, 0.2) is 66.5 Å². The Balaban J connectivity index is 0.000000370. The zero-order valence-corrected chi connectivity index (χ0v) is 15.0. The molecule has 0 radical (unpaired) electrons. The number of rotatable bonds is 5. The van der Waals surface area contributed by atoms with Crippen LogP contribution < -0.4 is 0 Å². The largest absolute Gasteiger partial charge is 0.497 e. The van der Waals surface area contributed by atoms with Crippen molar-refractivity contribution in [1.82, 2.24) is 4.90 Å². The monoisotopic (exact) mass is 343 g/mol. The first-order valence-corrected chi connectivity index (χ1v) is 8.03. The summed E-state index contributed by atoms with van der Waals surface area (Å²) < 4.78 is 9.93. The molecule has 1 aliphatic heterocycles. The first-order chi connectivity index (χ1) is 12.0. The lowest BCUT2D eigenvalue weighted by atomic mass is 10.2. The van der Waals surface area contributed by atoms with Gasteiger partial charge in [-0.15, -0.1) is 0 Å². The van der Waals surface area contributed by atoms with Crippen molar-refractivity contribution in [3.63, 3.8) is 0 Å². The lowest BCUT2D eigenvalue weighted by Crippen LogP contribution is -2.36. The molecule has 0 atom stereocenters. The first kappa shape index (κ1) is 20.4. The molecule has 0 aliphatic carbocycles. The van der Waals surface area contributed by atoms with Crippen molar-refractivity contribution in [2.75, 3.05) is 26.9 Å². The molecule has 1 aliphatic rings. The molecule has 0 bridgehead atoms. The van der Waals surface area contributed by atoms with Crippen molar-refractivity contribution in [1.29, 1.82) is 0 Å². The number of carbonyl (C=O) groups excluding carboxylic acids is 2. The Morgan fingerprint density at radius 1 is 1.28 bits per heavy atom. The summed E-state index contributed by atoms with van der Waals surface area (Å²) >= 11 is 0. The molecule has 0 unspecified atom stereocenters. The van der Waals surface area contributed by atoms with Gasteiger partial charge in [-0.2, -0.15) is 0 Å². The predicted octanol–water partition coefficient (Wildman–Crippen LogP) is 3.03. The van der Waals surface area contributed by atoms with Crippen LogP contribution in [0, 0.1) is 6.92 Å². The molecule has 25 heavy (non-hydrogen) atoms. The van der Waals surface area contributed by atoms with Crippen molar-refractivity contribution in [3.8, 4) is 0 Å². The Kier molecular flexibility index (Phi) is 9.63. The van der Waals surface area contributed by atoms with Crippen LogP contribution in [0.2, 0.25) is 0 Å². The average Bonchev–Trinajstić information content (AvgIpc) is 2.62. The molecule has 5 nitrogen and oxygen atoms in total. The molecule has 1 aromatic carbocycles. The Morgan fingerprint density at radius 2 is 2.00 bits per heavy atom. The molecule has 0 aromatic heterocycles. The number of ether oxygens (including phenoxy) is 2. The summed E-state index contributed by atoms with van der Waals surface area (Å²) in [4.78, 5) is 24.2. The van der Waals surface area contributed by atoms with Gasteiger partial charge in [0.05, 0.1) is 19.4 Å². The highest BCUT2D eigenvalue weighted by Gasteiger charge is 2.14. The van der Waals surface area contributed by atoms with E-state index in [0.29, 0.717) is 13.2 Å². The van der Waals surface area contributed by atoms with Gasteiger partial charge < -0.3 is 9.47 Å². The molecule has 2 rings (SSSR count). The van der Waals surface area contributed by atoms with E-state index in [2.05, 4.69) is 19.1 Å². The van der Waals surface area contributed by atoms with Crippen LogP contribution >= 0.6 is 0 Å². The summed E-state index contributed by atoms with van der Waals surface area (Å²) in [5.74, 6) is -0.662.